The molecule has 4 heteroatoms. The molecule has 2 amide bonds. The van der Waals surface area contributed by atoms with Gasteiger partial charge in [-0.05, 0) is 43.2 Å². The maximum Gasteiger partial charge on any atom is 0.252 e. The number of carbonyl (C=O) groups excluding carboxylic acids is 2. The van der Waals surface area contributed by atoms with Crippen molar-refractivity contribution < 1.29 is 9.59 Å². The van der Waals surface area contributed by atoms with E-state index in [1.54, 1.807) is 12.1 Å². The lowest BCUT2D eigenvalue weighted by Gasteiger charge is -2.20. The summed E-state index contributed by atoms with van der Waals surface area (Å²) in [5.41, 5.74) is 4.01. The van der Waals surface area contributed by atoms with Gasteiger partial charge in [-0.25, -0.2) is 0 Å². The van der Waals surface area contributed by atoms with E-state index in [1.807, 2.05) is 80.6 Å². The van der Waals surface area contributed by atoms with Crippen molar-refractivity contribution in [1.82, 2.24) is 5.32 Å². The van der Waals surface area contributed by atoms with Crippen molar-refractivity contribution in [3.63, 3.8) is 0 Å². The highest BCUT2D eigenvalue weighted by Crippen LogP contribution is 2.19. The van der Waals surface area contributed by atoms with Crippen LogP contribution in [0.5, 0.6) is 0 Å². The lowest BCUT2D eigenvalue weighted by atomic mass is 10.0. The van der Waals surface area contributed by atoms with Gasteiger partial charge in [0.15, 0.2) is 0 Å². The Labute approximate surface area is 159 Å². The monoisotopic (exact) mass is 358 g/mol. The third-order valence-corrected chi connectivity index (χ3v) is 4.39. The molecule has 0 radical (unpaired) electrons. The summed E-state index contributed by atoms with van der Waals surface area (Å²) in [5.74, 6) is -0.570. The Bertz CT molecular complexity index is 934. The zero-order chi connectivity index (χ0) is 19.2. The molecule has 0 bridgehead atoms. The number of aryl methyl sites for hydroxylation is 2. The smallest absolute Gasteiger partial charge is 0.252 e. The van der Waals surface area contributed by atoms with Gasteiger partial charge in [0.25, 0.3) is 11.8 Å². The topological polar surface area (TPSA) is 58.2 Å². The first-order chi connectivity index (χ1) is 13.0. The number of hydrogen-bond donors (Lipinski definition) is 2. The average molecular weight is 358 g/mol. The second-order valence-electron chi connectivity index (χ2n) is 6.49. The Morgan fingerprint density at radius 1 is 0.778 bits per heavy atom. The van der Waals surface area contributed by atoms with Crippen LogP contribution < -0.4 is 10.6 Å². The Hall–Kier alpha value is -3.40. The van der Waals surface area contributed by atoms with Crippen LogP contribution in [0.15, 0.2) is 78.9 Å². The summed E-state index contributed by atoms with van der Waals surface area (Å²) < 4.78 is 0. The van der Waals surface area contributed by atoms with E-state index in [9.17, 15) is 9.59 Å². The summed E-state index contributed by atoms with van der Waals surface area (Å²) in [6.07, 6.45) is 0. The highest BCUT2D eigenvalue weighted by Gasteiger charge is 2.23. The number of anilines is 1. The predicted molar refractivity (Wildman–Crippen MR) is 108 cm³/mol. The van der Waals surface area contributed by atoms with Crippen LogP contribution in [0, 0.1) is 13.8 Å². The van der Waals surface area contributed by atoms with Gasteiger partial charge in [-0.3, -0.25) is 9.59 Å². The normalized spacial score (nSPS) is 11.5. The molecule has 0 saturated heterocycles. The summed E-state index contributed by atoms with van der Waals surface area (Å²) in [7, 11) is 0. The molecular weight excluding hydrogens is 336 g/mol. The van der Waals surface area contributed by atoms with Crippen molar-refractivity contribution in [2.24, 2.45) is 0 Å². The quantitative estimate of drug-likeness (QED) is 0.710. The molecule has 136 valence electrons. The van der Waals surface area contributed by atoms with Crippen LogP contribution in [0.3, 0.4) is 0 Å². The molecule has 1 unspecified atom stereocenters. The van der Waals surface area contributed by atoms with Gasteiger partial charge in [0.05, 0.1) is 0 Å². The van der Waals surface area contributed by atoms with E-state index in [-0.39, 0.29) is 11.8 Å². The molecule has 0 spiro atoms. The van der Waals surface area contributed by atoms with Gasteiger partial charge in [-0.2, -0.15) is 0 Å². The van der Waals surface area contributed by atoms with E-state index < -0.39 is 6.04 Å². The van der Waals surface area contributed by atoms with Crippen molar-refractivity contribution in [3.8, 4) is 0 Å². The first-order valence-corrected chi connectivity index (χ1v) is 8.83. The summed E-state index contributed by atoms with van der Waals surface area (Å²) in [5, 5.41) is 5.78. The fourth-order valence-corrected chi connectivity index (χ4v) is 2.78. The van der Waals surface area contributed by atoms with Crippen LogP contribution in [-0.4, -0.2) is 11.8 Å². The molecule has 0 aliphatic rings. The van der Waals surface area contributed by atoms with Gasteiger partial charge >= 0.3 is 0 Å². The maximum atomic E-state index is 13.0. The maximum absolute atomic E-state index is 13.0. The molecule has 3 aromatic carbocycles. The number of carbonyl (C=O) groups is 2. The average Bonchev–Trinajstić information content (AvgIpc) is 2.69. The fourth-order valence-electron chi connectivity index (χ4n) is 2.78. The lowest BCUT2D eigenvalue weighted by molar-refractivity contribution is -0.118. The van der Waals surface area contributed by atoms with Gasteiger partial charge in [0.2, 0.25) is 0 Å². The lowest BCUT2D eigenvalue weighted by Crippen LogP contribution is -2.37. The van der Waals surface area contributed by atoms with Gasteiger partial charge in [0, 0.05) is 11.3 Å². The van der Waals surface area contributed by atoms with Gasteiger partial charge in [-0.15, -0.1) is 0 Å². The molecule has 2 N–H and O–H groups in total. The number of amides is 2. The molecule has 0 fully saturated rings. The molecule has 3 aromatic rings. The van der Waals surface area contributed by atoms with Crippen LogP contribution >= 0.6 is 0 Å². The van der Waals surface area contributed by atoms with Crippen molar-refractivity contribution in [2.75, 3.05) is 5.32 Å². The van der Waals surface area contributed by atoms with Crippen molar-refractivity contribution in [3.05, 3.63) is 101 Å². The summed E-state index contributed by atoms with van der Waals surface area (Å²) in [6, 6.07) is 23.3. The summed E-state index contributed by atoms with van der Waals surface area (Å²) in [4.78, 5) is 25.6. The van der Waals surface area contributed by atoms with E-state index in [0.717, 1.165) is 22.4 Å². The zero-order valence-electron chi connectivity index (χ0n) is 15.4. The second-order valence-corrected chi connectivity index (χ2v) is 6.49. The van der Waals surface area contributed by atoms with Crippen LogP contribution in [-0.2, 0) is 4.79 Å². The minimum atomic E-state index is -0.792. The minimum absolute atomic E-state index is 0.282. The van der Waals surface area contributed by atoms with Gasteiger partial charge in [-0.1, -0.05) is 66.2 Å². The van der Waals surface area contributed by atoms with Crippen molar-refractivity contribution in [1.29, 1.82) is 0 Å². The van der Waals surface area contributed by atoms with E-state index in [2.05, 4.69) is 10.6 Å². The molecule has 1 atom stereocenters. The van der Waals surface area contributed by atoms with Crippen LogP contribution in [0.1, 0.15) is 33.1 Å². The molecule has 4 nitrogen and oxygen atoms in total. The number of hydrogen-bond acceptors (Lipinski definition) is 2. The van der Waals surface area contributed by atoms with Crippen LogP contribution in [0.4, 0.5) is 5.69 Å². The molecule has 0 aliphatic heterocycles. The third-order valence-electron chi connectivity index (χ3n) is 4.39. The first kappa shape index (κ1) is 18.4. The summed E-state index contributed by atoms with van der Waals surface area (Å²) >= 11 is 0. The SMILES string of the molecule is Cc1ccc(C(=O)NC(C(=O)Nc2ccccc2C)c2ccccc2)cc1. The molecule has 3 rings (SSSR count). The standard InChI is InChI=1S/C23H22N2O2/c1-16-12-14-19(15-13-16)22(26)25-21(18-9-4-3-5-10-18)23(27)24-20-11-7-6-8-17(20)2/h3-15,21H,1-2H3,(H,24,27)(H,25,26). The number of nitrogens with one attached hydrogen (secondary N) is 2. The minimum Gasteiger partial charge on any atom is -0.336 e. The zero-order valence-corrected chi connectivity index (χ0v) is 15.4. The summed E-state index contributed by atoms with van der Waals surface area (Å²) in [6.45, 7) is 3.89. The van der Waals surface area contributed by atoms with Crippen LogP contribution in [0.2, 0.25) is 0 Å². The second kappa shape index (κ2) is 8.32. The molecular formula is C23H22N2O2. The number of rotatable bonds is 5. The fraction of sp³-hybridized carbons (Fsp3) is 0.130. The molecule has 0 saturated carbocycles. The van der Waals surface area contributed by atoms with Gasteiger partial charge < -0.3 is 10.6 Å². The third kappa shape index (κ3) is 4.61. The Morgan fingerprint density at radius 2 is 1.41 bits per heavy atom. The van der Waals surface area contributed by atoms with E-state index in [1.165, 1.54) is 0 Å². The Morgan fingerprint density at radius 3 is 2.07 bits per heavy atom. The van der Waals surface area contributed by atoms with E-state index >= 15 is 0 Å². The number of para-hydroxylation sites is 1. The number of benzene rings is 3. The Balaban J connectivity index is 1.85. The van der Waals surface area contributed by atoms with Crippen molar-refractivity contribution in [2.45, 2.75) is 19.9 Å². The molecule has 0 aromatic heterocycles. The van der Waals surface area contributed by atoms with Gasteiger partial charge in [0.1, 0.15) is 6.04 Å². The predicted octanol–water partition coefficient (Wildman–Crippen LogP) is 4.41. The highest BCUT2D eigenvalue weighted by molar-refractivity contribution is 6.01. The highest BCUT2D eigenvalue weighted by atomic mass is 16.2. The molecule has 27 heavy (non-hydrogen) atoms. The van der Waals surface area contributed by atoms with E-state index in [0.29, 0.717) is 5.56 Å². The largest absolute Gasteiger partial charge is 0.336 e. The Kier molecular flexibility index (Phi) is 5.67. The van der Waals surface area contributed by atoms with E-state index in [4.69, 9.17) is 0 Å². The first-order valence-electron chi connectivity index (χ1n) is 8.83. The van der Waals surface area contributed by atoms with Crippen molar-refractivity contribution >= 4 is 17.5 Å². The molecule has 0 aliphatic carbocycles. The van der Waals surface area contributed by atoms with Crippen LogP contribution in [0.25, 0.3) is 0 Å². The molecule has 0 heterocycles.